The first kappa shape index (κ1) is 20.0. The van der Waals surface area contributed by atoms with E-state index >= 15 is 0 Å². The molecular weight excluding hydrogens is 412 g/mol. The van der Waals surface area contributed by atoms with Crippen molar-refractivity contribution in [2.45, 2.75) is 19.6 Å². The molecule has 0 saturated carbocycles. The number of alkyl halides is 2. The second kappa shape index (κ2) is 9.38. The van der Waals surface area contributed by atoms with Crippen LogP contribution in [0, 0.1) is 0 Å². The van der Waals surface area contributed by atoms with Gasteiger partial charge in [0.25, 0.3) is 0 Å². The van der Waals surface area contributed by atoms with Gasteiger partial charge in [0, 0.05) is 16.6 Å². The third-order valence-electron chi connectivity index (χ3n) is 3.57. The maximum atomic E-state index is 12.4. The second-order valence-electron chi connectivity index (χ2n) is 5.24. The van der Waals surface area contributed by atoms with E-state index in [-0.39, 0.29) is 24.6 Å². The van der Waals surface area contributed by atoms with Crippen LogP contribution in [0.2, 0.25) is 0 Å². The lowest BCUT2D eigenvalue weighted by molar-refractivity contribution is -0.120. The summed E-state index contributed by atoms with van der Waals surface area (Å²) in [5, 5.41) is 2.70. The zero-order chi connectivity index (χ0) is 19.1. The van der Waals surface area contributed by atoms with E-state index in [9.17, 15) is 13.6 Å². The van der Waals surface area contributed by atoms with Crippen molar-refractivity contribution in [1.82, 2.24) is 5.32 Å². The average Bonchev–Trinajstić information content (AvgIpc) is 2.61. The van der Waals surface area contributed by atoms with Crippen LogP contribution in [0.1, 0.15) is 11.1 Å². The summed E-state index contributed by atoms with van der Waals surface area (Å²) >= 11 is 3.40. The molecule has 0 radical (unpaired) electrons. The molecule has 8 heteroatoms. The van der Waals surface area contributed by atoms with Crippen LogP contribution in [0.25, 0.3) is 0 Å². The average molecular weight is 430 g/mol. The van der Waals surface area contributed by atoms with Crippen LogP contribution < -0.4 is 19.5 Å². The van der Waals surface area contributed by atoms with Crippen LogP contribution in [0.3, 0.4) is 0 Å². The van der Waals surface area contributed by atoms with Gasteiger partial charge in [0.15, 0.2) is 11.5 Å². The van der Waals surface area contributed by atoms with Crippen molar-refractivity contribution in [2.24, 2.45) is 0 Å². The number of carbonyl (C=O) groups excluding carboxylic acids is 1. The molecule has 0 aromatic heterocycles. The highest BCUT2D eigenvalue weighted by atomic mass is 79.9. The zero-order valence-electron chi connectivity index (χ0n) is 14.2. The van der Waals surface area contributed by atoms with Gasteiger partial charge in [-0.1, -0.05) is 34.1 Å². The molecule has 2 rings (SSSR count). The van der Waals surface area contributed by atoms with E-state index in [1.807, 2.05) is 0 Å². The normalized spacial score (nSPS) is 10.5. The third kappa shape index (κ3) is 5.32. The predicted molar refractivity (Wildman–Crippen MR) is 95.9 cm³/mol. The van der Waals surface area contributed by atoms with Crippen LogP contribution in [0.15, 0.2) is 40.9 Å². The number of ether oxygens (including phenoxy) is 3. The van der Waals surface area contributed by atoms with Crippen LogP contribution >= 0.6 is 15.9 Å². The van der Waals surface area contributed by atoms with Gasteiger partial charge in [-0.2, -0.15) is 8.78 Å². The lowest BCUT2D eigenvalue weighted by Crippen LogP contribution is -2.25. The van der Waals surface area contributed by atoms with Crippen molar-refractivity contribution in [3.8, 4) is 17.2 Å². The fraction of sp³-hybridized carbons (Fsp3) is 0.278. The number of hydrogen-bond acceptors (Lipinski definition) is 4. The molecule has 0 fully saturated rings. The van der Waals surface area contributed by atoms with Crippen LogP contribution in [-0.4, -0.2) is 26.7 Å². The summed E-state index contributed by atoms with van der Waals surface area (Å²) < 4.78 is 40.4. The van der Waals surface area contributed by atoms with E-state index < -0.39 is 6.61 Å². The van der Waals surface area contributed by atoms with Gasteiger partial charge >= 0.3 is 6.61 Å². The van der Waals surface area contributed by atoms with Crippen molar-refractivity contribution < 1.29 is 27.8 Å². The Labute approximate surface area is 158 Å². The first-order chi connectivity index (χ1) is 12.4. The van der Waals surface area contributed by atoms with Crippen LogP contribution in [0.5, 0.6) is 17.2 Å². The number of benzene rings is 2. The van der Waals surface area contributed by atoms with E-state index in [0.29, 0.717) is 27.1 Å². The number of amides is 1. The quantitative estimate of drug-likeness (QED) is 0.690. The van der Waals surface area contributed by atoms with Crippen molar-refractivity contribution in [3.63, 3.8) is 0 Å². The SMILES string of the molecule is COc1cc(Br)c(CC(=O)NCc2ccccc2OC(F)F)cc1OC. The molecule has 0 heterocycles. The zero-order valence-corrected chi connectivity index (χ0v) is 15.8. The summed E-state index contributed by atoms with van der Waals surface area (Å²) in [6.07, 6.45) is 0.0822. The molecule has 5 nitrogen and oxygen atoms in total. The molecule has 0 saturated heterocycles. The maximum Gasteiger partial charge on any atom is 0.387 e. The van der Waals surface area contributed by atoms with Gasteiger partial charge in [0.1, 0.15) is 5.75 Å². The summed E-state index contributed by atoms with van der Waals surface area (Å²) in [4.78, 5) is 12.2. The first-order valence-corrected chi connectivity index (χ1v) is 8.43. The fourth-order valence-electron chi connectivity index (χ4n) is 2.32. The van der Waals surface area contributed by atoms with Crippen molar-refractivity contribution in [3.05, 3.63) is 52.0 Å². The molecule has 140 valence electrons. The van der Waals surface area contributed by atoms with E-state index in [1.165, 1.54) is 20.3 Å². The molecule has 1 amide bonds. The molecule has 1 N–H and O–H groups in total. The smallest absolute Gasteiger partial charge is 0.387 e. The first-order valence-electron chi connectivity index (χ1n) is 7.64. The number of hydrogen-bond donors (Lipinski definition) is 1. The lowest BCUT2D eigenvalue weighted by atomic mass is 10.1. The summed E-state index contributed by atoms with van der Waals surface area (Å²) in [6.45, 7) is -2.85. The van der Waals surface area contributed by atoms with Gasteiger partial charge in [-0.3, -0.25) is 4.79 Å². The minimum absolute atomic E-state index is 0.0371. The molecular formula is C18H18BrF2NO4. The van der Waals surface area contributed by atoms with Gasteiger partial charge in [0.2, 0.25) is 5.91 Å². The Bertz CT molecular complexity index is 771. The number of methoxy groups -OCH3 is 2. The van der Waals surface area contributed by atoms with Crippen molar-refractivity contribution in [2.75, 3.05) is 14.2 Å². The molecule has 2 aromatic rings. The predicted octanol–water partition coefficient (Wildman–Crippen LogP) is 3.93. The number of halogens is 3. The molecule has 0 aliphatic carbocycles. The van der Waals surface area contributed by atoms with E-state index in [1.54, 1.807) is 30.3 Å². The minimum Gasteiger partial charge on any atom is -0.493 e. The maximum absolute atomic E-state index is 12.4. The molecule has 2 aromatic carbocycles. The molecule has 0 aliphatic rings. The largest absolute Gasteiger partial charge is 0.493 e. The Kier molecular flexibility index (Phi) is 7.20. The Morgan fingerprint density at radius 1 is 1.08 bits per heavy atom. The summed E-state index contributed by atoms with van der Waals surface area (Å²) in [5.74, 6) is 0.815. The molecule has 26 heavy (non-hydrogen) atoms. The number of para-hydroxylation sites is 1. The number of nitrogens with one attached hydrogen (secondary N) is 1. The second-order valence-corrected chi connectivity index (χ2v) is 6.09. The molecule has 0 atom stereocenters. The number of rotatable bonds is 8. The van der Waals surface area contributed by atoms with Crippen LogP contribution in [0.4, 0.5) is 8.78 Å². The molecule has 0 aliphatic heterocycles. The Morgan fingerprint density at radius 2 is 1.73 bits per heavy atom. The van der Waals surface area contributed by atoms with Gasteiger partial charge in [-0.25, -0.2) is 0 Å². The highest BCUT2D eigenvalue weighted by Gasteiger charge is 2.14. The molecule has 0 unspecified atom stereocenters. The van der Waals surface area contributed by atoms with Gasteiger partial charge < -0.3 is 19.5 Å². The van der Waals surface area contributed by atoms with E-state index in [0.717, 1.165) is 0 Å². The summed E-state index contributed by atoms with van der Waals surface area (Å²) in [6, 6.07) is 9.74. The fourth-order valence-corrected chi connectivity index (χ4v) is 2.78. The molecule has 0 bridgehead atoms. The Balaban J connectivity index is 2.04. The van der Waals surface area contributed by atoms with Gasteiger partial charge in [-0.05, 0) is 23.8 Å². The topological polar surface area (TPSA) is 56.8 Å². The number of carbonyl (C=O) groups is 1. The summed E-state index contributed by atoms with van der Waals surface area (Å²) in [7, 11) is 3.03. The van der Waals surface area contributed by atoms with Crippen molar-refractivity contribution >= 4 is 21.8 Å². The van der Waals surface area contributed by atoms with Crippen LogP contribution in [-0.2, 0) is 17.8 Å². The highest BCUT2D eigenvalue weighted by molar-refractivity contribution is 9.10. The Morgan fingerprint density at radius 3 is 2.38 bits per heavy atom. The van der Waals surface area contributed by atoms with Crippen molar-refractivity contribution in [1.29, 1.82) is 0 Å². The van der Waals surface area contributed by atoms with E-state index in [4.69, 9.17) is 9.47 Å². The Hall–Kier alpha value is -2.35. The minimum atomic E-state index is -2.92. The molecule has 0 spiro atoms. The standard InChI is InChI=1S/C18H18BrF2NO4/c1-24-15-7-12(13(19)9-16(15)25-2)8-17(23)22-10-11-5-3-4-6-14(11)26-18(20)21/h3-7,9,18H,8,10H2,1-2H3,(H,22,23). The van der Waals surface area contributed by atoms with E-state index in [2.05, 4.69) is 26.0 Å². The highest BCUT2D eigenvalue weighted by Crippen LogP contribution is 2.33. The monoisotopic (exact) mass is 429 g/mol. The third-order valence-corrected chi connectivity index (χ3v) is 4.31. The summed E-state index contributed by atoms with van der Waals surface area (Å²) in [5.41, 5.74) is 1.17. The van der Waals surface area contributed by atoms with Gasteiger partial charge in [-0.15, -0.1) is 0 Å². The van der Waals surface area contributed by atoms with Gasteiger partial charge in [0.05, 0.1) is 20.6 Å². The lowest BCUT2D eigenvalue weighted by Gasteiger charge is -2.13.